The summed E-state index contributed by atoms with van der Waals surface area (Å²) in [4.78, 5) is 16.5. The number of nitrogens with zero attached hydrogens (tertiary/aromatic N) is 1. The van der Waals surface area contributed by atoms with Crippen LogP contribution >= 0.6 is 0 Å². The van der Waals surface area contributed by atoms with E-state index in [0.717, 1.165) is 35.9 Å². The lowest BCUT2D eigenvalue weighted by Gasteiger charge is -2.26. The van der Waals surface area contributed by atoms with Crippen LogP contribution in [0, 0.1) is 0 Å². The Morgan fingerprint density at radius 1 is 0.909 bits per heavy atom. The van der Waals surface area contributed by atoms with Gasteiger partial charge in [-0.2, -0.15) is 0 Å². The number of hydrogen-bond acceptors (Lipinski definition) is 2. The molecule has 3 aromatic rings. The van der Waals surface area contributed by atoms with E-state index < -0.39 is 0 Å². The molecule has 0 saturated heterocycles. The van der Waals surface area contributed by atoms with Gasteiger partial charge in [-0.15, -0.1) is 0 Å². The van der Waals surface area contributed by atoms with Gasteiger partial charge in [0.05, 0.1) is 5.52 Å². The van der Waals surface area contributed by atoms with Crippen LogP contribution in [0.15, 0.2) is 54.6 Å². The molecule has 1 heterocycles. The fraction of sp³-hybridized carbons (Fsp3) is 0.467. The molecule has 0 bridgehead atoms. The minimum absolute atomic E-state index is 0.00786. The predicted molar refractivity (Wildman–Crippen MR) is 140 cm³/mol. The molecule has 0 spiro atoms. The number of para-hydroxylation sites is 1. The maximum absolute atomic E-state index is 11.6. The third-order valence-corrected chi connectivity index (χ3v) is 6.38. The molecule has 176 valence electrons. The van der Waals surface area contributed by atoms with Crippen molar-refractivity contribution in [3.8, 4) is 0 Å². The minimum atomic E-state index is 0.00786. The van der Waals surface area contributed by atoms with E-state index in [4.69, 9.17) is 4.98 Å². The smallest absolute Gasteiger partial charge is 0.216 e. The van der Waals surface area contributed by atoms with Crippen LogP contribution in [-0.2, 0) is 22.0 Å². The Morgan fingerprint density at radius 2 is 1.55 bits per heavy atom. The van der Waals surface area contributed by atoms with Crippen molar-refractivity contribution < 1.29 is 4.79 Å². The third kappa shape index (κ3) is 6.90. The molecule has 3 nitrogen and oxygen atoms in total. The first-order valence-corrected chi connectivity index (χ1v) is 12.2. The van der Waals surface area contributed by atoms with Gasteiger partial charge in [0.15, 0.2) is 0 Å². The Kier molecular flexibility index (Phi) is 7.62. The van der Waals surface area contributed by atoms with Gasteiger partial charge in [0.25, 0.3) is 0 Å². The zero-order valence-electron chi connectivity index (χ0n) is 21.5. The number of carbonyl (C=O) groups is 1. The summed E-state index contributed by atoms with van der Waals surface area (Å²) in [5.74, 6) is 0.208. The number of amides is 1. The van der Waals surface area contributed by atoms with Crippen molar-refractivity contribution in [2.75, 3.05) is 6.54 Å². The lowest BCUT2D eigenvalue weighted by Crippen LogP contribution is -2.26. The van der Waals surface area contributed by atoms with Crippen LogP contribution in [0.1, 0.15) is 89.6 Å². The monoisotopic (exact) mass is 444 g/mol. The number of fused-ring (bicyclic) bond motifs is 1. The molecule has 0 radical (unpaired) electrons. The van der Waals surface area contributed by atoms with E-state index in [1.54, 1.807) is 6.92 Å². The zero-order chi connectivity index (χ0) is 24.2. The number of nitrogens with one attached hydrogen (secondary N) is 1. The Hall–Kier alpha value is -2.68. The number of pyridine rings is 1. The summed E-state index contributed by atoms with van der Waals surface area (Å²) in [6, 6.07) is 19.6. The van der Waals surface area contributed by atoms with E-state index in [0.29, 0.717) is 6.54 Å². The lowest BCUT2D eigenvalue weighted by atomic mass is 9.79. The number of benzene rings is 2. The van der Waals surface area contributed by atoms with Crippen molar-refractivity contribution in [3.05, 3.63) is 77.0 Å². The normalized spacial score (nSPS) is 13.2. The fourth-order valence-corrected chi connectivity index (χ4v) is 4.19. The van der Waals surface area contributed by atoms with Gasteiger partial charge < -0.3 is 5.32 Å². The minimum Gasteiger partial charge on any atom is -0.356 e. The first-order chi connectivity index (χ1) is 15.4. The average Bonchev–Trinajstić information content (AvgIpc) is 2.74. The van der Waals surface area contributed by atoms with E-state index in [1.165, 1.54) is 16.7 Å². The maximum atomic E-state index is 11.6. The molecule has 33 heavy (non-hydrogen) atoms. The number of hydrogen-bond donors (Lipinski definition) is 1. The molecule has 1 N–H and O–H groups in total. The van der Waals surface area contributed by atoms with Crippen LogP contribution in [0.5, 0.6) is 0 Å². The average molecular weight is 445 g/mol. The highest BCUT2D eigenvalue weighted by Gasteiger charge is 2.21. The number of aryl methyl sites for hydroxylation is 1. The summed E-state index contributed by atoms with van der Waals surface area (Å²) >= 11 is 0. The van der Waals surface area contributed by atoms with Gasteiger partial charge in [0.1, 0.15) is 0 Å². The molecule has 0 aliphatic heterocycles. The zero-order valence-corrected chi connectivity index (χ0v) is 21.5. The highest BCUT2D eigenvalue weighted by Crippen LogP contribution is 2.31. The molecule has 1 atom stereocenters. The summed E-state index contributed by atoms with van der Waals surface area (Å²) in [5, 5.41) is 4.17. The highest BCUT2D eigenvalue weighted by molar-refractivity contribution is 5.78. The Balaban J connectivity index is 1.80. The molecule has 0 saturated carbocycles. The van der Waals surface area contributed by atoms with E-state index in [2.05, 4.69) is 89.3 Å². The summed E-state index contributed by atoms with van der Waals surface area (Å²) in [6.45, 7) is 15.9. The van der Waals surface area contributed by atoms with Gasteiger partial charge in [0.2, 0.25) is 5.91 Å². The van der Waals surface area contributed by atoms with Gasteiger partial charge in [-0.05, 0) is 58.9 Å². The van der Waals surface area contributed by atoms with Gasteiger partial charge in [-0.3, -0.25) is 9.78 Å². The van der Waals surface area contributed by atoms with Crippen molar-refractivity contribution >= 4 is 16.8 Å². The van der Waals surface area contributed by atoms with Gasteiger partial charge >= 0.3 is 0 Å². The highest BCUT2D eigenvalue weighted by atomic mass is 16.1. The number of rotatable bonds is 7. The molecule has 1 aromatic heterocycles. The van der Waals surface area contributed by atoms with E-state index in [9.17, 15) is 4.79 Å². The lowest BCUT2D eigenvalue weighted by molar-refractivity contribution is -0.119. The predicted octanol–water partition coefficient (Wildman–Crippen LogP) is 7.07. The van der Waals surface area contributed by atoms with Gasteiger partial charge in [0, 0.05) is 30.5 Å². The summed E-state index contributed by atoms with van der Waals surface area (Å²) < 4.78 is 0. The Morgan fingerprint density at radius 3 is 2.15 bits per heavy atom. The Bertz CT molecular complexity index is 1070. The van der Waals surface area contributed by atoms with Crippen LogP contribution in [0.25, 0.3) is 10.9 Å². The van der Waals surface area contributed by atoms with Crippen LogP contribution in [0.3, 0.4) is 0 Å². The largest absolute Gasteiger partial charge is 0.356 e. The topological polar surface area (TPSA) is 42.0 Å². The molecule has 2 aromatic carbocycles. The second kappa shape index (κ2) is 10.1. The quantitative estimate of drug-likeness (QED) is 0.423. The van der Waals surface area contributed by atoms with Gasteiger partial charge in [-0.25, -0.2) is 0 Å². The van der Waals surface area contributed by atoms with Crippen molar-refractivity contribution in [1.82, 2.24) is 10.3 Å². The first-order valence-electron chi connectivity index (χ1n) is 12.2. The fourth-order valence-electron chi connectivity index (χ4n) is 4.19. The summed E-state index contributed by atoms with van der Waals surface area (Å²) in [7, 11) is 0. The molecule has 0 aliphatic rings. The summed E-state index contributed by atoms with van der Waals surface area (Å²) in [5.41, 5.74) is 6.51. The maximum Gasteiger partial charge on any atom is 0.216 e. The van der Waals surface area contributed by atoms with E-state index >= 15 is 0 Å². The van der Waals surface area contributed by atoms with Crippen LogP contribution in [0.2, 0.25) is 0 Å². The van der Waals surface area contributed by atoms with Crippen LogP contribution < -0.4 is 5.32 Å². The third-order valence-electron chi connectivity index (χ3n) is 6.38. The second-order valence-electron chi connectivity index (χ2n) is 11.4. The molecule has 0 unspecified atom stereocenters. The molecule has 1 amide bonds. The van der Waals surface area contributed by atoms with E-state index in [1.807, 2.05) is 12.1 Å². The SMILES string of the molecule is CC(=O)NC[C@H](CCCc1cc(C(C)(C)C)cc(C(C)(C)C)c1)c1ccc2ccccc2n1. The van der Waals surface area contributed by atoms with Crippen LogP contribution in [-0.4, -0.2) is 17.4 Å². The Labute approximate surface area is 200 Å². The van der Waals surface area contributed by atoms with Crippen molar-refractivity contribution in [1.29, 1.82) is 0 Å². The van der Waals surface area contributed by atoms with Gasteiger partial charge in [-0.1, -0.05) is 84.0 Å². The standard InChI is InChI=1S/C30H40N2O/c1-21(33)31-20-24(28-16-15-23-12-8-9-14-27(23)32-28)13-10-11-22-17-25(29(2,3)4)19-26(18-22)30(5,6)7/h8-9,12,14-19,24H,10-11,13,20H2,1-7H3,(H,31,33)/t24-/m0/s1. The number of carbonyl (C=O) groups excluding carboxylic acids is 1. The molecular formula is C30H40N2O. The first kappa shape index (κ1) is 25.0. The second-order valence-corrected chi connectivity index (χ2v) is 11.4. The van der Waals surface area contributed by atoms with Crippen molar-refractivity contribution in [2.24, 2.45) is 0 Å². The molecular weight excluding hydrogens is 404 g/mol. The van der Waals surface area contributed by atoms with Crippen LogP contribution in [0.4, 0.5) is 0 Å². The molecule has 0 fully saturated rings. The molecule has 3 heteroatoms. The van der Waals surface area contributed by atoms with Crippen molar-refractivity contribution in [2.45, 2.75) is 84.5 Å². The van der Waals surface area contributed by atoms with E-state index in [-0.39, 0.29) is 22.7 Å². The summed E-state index contributed by atoms with van der Waals surface area (Å²) in [6.07, 6.45) is 3.06. The number of aromatic nitrogens is 1. The molecule has 0 aliphatic carbocycles. The molecule has 3 rings (SSSR count). The van der Waals surface area contributed by atoms with Crippen molar-refractivity contribution in [3.63, 3.8) is 0 Å².